The van der Waals surface area contributed by atoms with Crippen LogP contribution in [0, 0.1) is 17.7 Å². The van der Waals surface area contributed by atoms with Crippen LogP contribution in [-0.4, -0.2) is 17.0 Å². The third-order valence-corrected chi connectivity index (χ3v) is 3.68. The molecule has 2 N–H and O–H groups in total. The predicted molar refractivity (Wildman–Crippen MR) is 68.5 cm³/mol. The SMILES string of the molecule is CC1CCCC1C(=O)Nc1cccc(F)c1C(=O)O. The molecule has 0 heterocycles. The van der Waals surface area contributed by atoms with Gasteiger partial charge in [0.2, 0.25) is 5.91 Å². The number of halogens is 1. The molecule has 1 saturated carbocycles. The number of hydrogen-bond donors (Lipinski definition) is 2. The summed E-state index contributed by atoms with van der Waals surface area (Å²) in [7, 11) is 0. The van der Waals surface area contributed by atoms with Crippen molar-refractivity contribution in [3.05, 3.63) is 29.6 Å². The van der Waals surface area contributed by atoms with Gasteiger partial charge in [0.05, 0.1) is 5.69 Å². The number of amides is 1. The lowest BCUT2D eigenvalue weighted by Crippen LogP contribution is -2.25. The predicted octanol–water partition coefficient (Wildman–Crippen LogP) is 2.90. The molecule has 2 rings (SSSR count). The van der Waals surface area contributed by atoms with Gasteiger partial charge in [-0.05, 0) is 30.9 Å². The fourth-order valence-corrected chi connectivity index (χ4v) is 2.61. The number of nitrogens with one attached hydrogen (secondary N) is 1. The third-order valence-electron chi connectivity index (χ3n) is 3.68. The van der Waals surface area contributed by atoms with E-state index in [0.29, 0.717) is 0 Å². The van der Waals surface area contributed by atoms with E-state index in [9.17, 15) is 14.0 Å². The molecule has 0 radical (unpaired) electrons. The Hall–Kier alpha value is -1.91. The van der Waals surface area contributed by atoms with E-state index < -0.39 is 17.3 Å². The Kier molecular flexibility index (Phi) is 3.83. The highest BCUT2D eigenvalue weighted by molar-refractivity contribution is 6.01. The molecule has 1 aromatic carbocycles. The van der Waals surface area contributed by atoms with Crippen LogP contribution in [0.1, 0.15) is 36.5 Å². The van der Waals surface area contributed by atoms with Crippen molar-refractivity contribution in [2.45, 2.75) is 26.2 Å². The Morgan fingerprint density at radius 3 is 2.68 bits per heavy atom. The Balaban J connectivity index is 2.21. The zero-order valence-electron chi connectivity index (χ0n) is 10.6. The minimum absolute atomic E-state index is 0.0246. The van der Waals surface area contributed by atoms with Crippen LogP contribution in [0.15, 0.2) is 18.2 Å². The fraction of sp³-hybridized carbons (Fsp3) is 0.429. The van der Waals surface area contributed by atoms with Crippen LogP contribution >= 0.6 is 0 Å². The molecule has 0 saturated heterocycles. The summed E-state index contributed by atoms with van der Waals surface area (Å²) in [6.45, 7) is 2.00. The molecule has 0 aromatic heterocycles. The minimum Gasteiger partial charge on any atom is -0.478 e. The molecule has 19 heavy (non-hydrogen) atoms. The summed E-state index contributed by atoms with van der Waals surface area (Å²) in [4.78, 5) is 23.1. The maximum absolute atomic E-state index is 13.5. The van der Waals surface area contributed by atoms with Crippen molar-refractivity contribution in [3.8, 4) is 0 Å². The van der Waals surface area contributed by atoms with Crippen LogP contribution in [-0.2, 0) is 4.79 Å². The highest BCUT2D eigenvalue weighted by Gasteiger charge is 2.30. The van der Waals surface area contributed by atoms with Gasteiger partial charge in [-0.25, -0.2) is 9.18 Å². The number of hydrogen-bond acceptors (Lipinski definition) is 2. The summed E-state index contributed by atoms with van der Waals surface area (Å²) in [5.74, 6) is -2.29. The fourth-order valence-electron chi connectivity index (χ4n) is 2.61. The van der Waals surface area contributed by atoms with Gasteiger partial charge in [0.25, 0.3) is 0 Å². The van der Waals surface area contributed by atoms with Gasteiger partial charge in [0.15, 0.2) is 0 Å². The maximum Gasteiger partial charge on any atom is 0.340 e. The van der Waals surface area contributed by atoms with Crippen molar-refractivity contribution in [1.29, 1.82) is 0 Å². The second-order valence-corrected chi connectivity index (χ2v) is 4.97. The number of benzene rings is 1. The van der Waals surface area contributed by atoms with Crippen molar-refractivity contribution >= 4 is 17.6 Å². The first kappa shape index (κ1) is 13.5. The molecular weight excluding hydrogens is 249 g/mol. The first-order valence-corrected chi connectivity index (χ1v) is 6.33. The average Bonchev–Trinajstić information content (AvgIpc) is 2.75. The highest BCUT2D eigenvalue weighted by atomic mass is 19.1. The lowest BCUT2D eigenvalue weighted by Gasteiger charge is -2.16. The van der Waals surface area contributed by atoms with E-state index in [4.69, 9.17) is 5.11 Å². The molecule has 1 aromatic rings. The summed E-state index contributed by atoms with van der Waals surface area (Å²) >= 11 is 0. The smallest absolute Gasteiger partial charge is 0.340 e. The zero-order valence-corrected chi connectivity index (χ0v) is 10.6. The van der Waals surface area contributed by atoms with Crippen LogP contribution in [0.4, 0.5) is 10.1 Å². The molecule has 0 bridgehead atoms. The van der Waals surface area contributed by atoms with E-state index in [1.54, 1.807) is 0 Å². The van der Waals surface area contributed by atoms with E-state index in [1.807, 2.05) is 6.92 Å². The molecule has 1 aliphatic rings. The van der Waals surface area contributed by atoms with Gasteiger partial charge < -0.3 is 10.4 Å². The highest BCUT2D eigenvalue weighted by Crippen LogP contribution is 2.32. The van der Waals surface area contributed by atoms with E-state index >= 15 is 0 Å². The van der Waals surface area contributed by atoms with Crippen molar-refractivity contribution in [3.63, 3.8) is 0 Å². The Morgan fingerprint density at radius 2 is 2.11 bits per heavy atom. The van der Waals surface area contributed by atoms with E-state index in [1.165, 1.54) is 12.1 Å². The monoisotopic (exact) mass is 265 g/mol. The normalized spacial score (nSPS) is 22.2. The van der Waals surface area contributed by atoms with Crippen LogP contribution in [0.3, 0.4) is 0 Å². The number of aromatic carboxylic acids is 1. The molecule has 0 spiro atoms. The van der Waals surface area contributed by atoms with Crippen molar-refractivity contribution in [1.82, 2.24) is 0 Å². The van der Waals surface area contributed by atoms with Crippen molar-refractivity contribution in [2.24, 2.45) is 11.8 Å². The number of carboxylic acid groups (broad SMARTS) is 1. The summed E-state index contributed by atoms with van der Waals surface area (Å²) in [5.41, 5.74) is -0.460. The first-order chi connectivity index (χ1) is 9.00. The second-order valence-electron chi connectivity index (χ2n) is 4.97. The molecule has 1 aliphatic carbocycles. The number of carbonyl (C=O) groups is 2. The first-order valence-electron chi connectivity index (χ1n) is 6.33. The zero-order chi connectivity index (χ0) is 14.0. The third kappa shape index (κ3) is 2.75. The van der Waals surface area contributed by atoms with Crippen LogP contribution < -0.4 is 5.32 Å². The van der Waals surface area contributed by atoms with Crippen molar-refractivity contribution < 1.29 is 19.1 Å². The molecule has 2 atom stereocenters. The molecule has 1 fully saturated rings. The van der Waals surface area contributed by atoms with Gasteiger partial charge in [-0.15, -0.1) is 0 Å². The summed E-state index contributed by atoms with van der Waals surface area (Å²) in [5, 5.41) is 11.5. The molecule has 0 aliphatic heterocycles. The largest absolute Gasteiger partial charge is 0.478 e. The summed E-state index contributed by atoms with van der Waals surface area (Å²) in [6, 6.07) is 3.86. The van der Waals surface area contributed by atoms with Crippen LogP contribution in [0.5, 0.6) is 0 Å². The Bertz CT molecular complexity index is 515. The van der Waals surface area contributed by atoms with Crippen molar-refractivity contribution in [2.75, 3.05) is 5.32 Å². The van der Waals surface area contributed by atoms with Gasteiger partial charge in [-0.1, -0.05) is 19.4 Å². The van der Waals surface area contributed by atoms with Gasteiger partial charge in [-0.3, -0.25) is 4.79 Å². The lowest BCUT2D eigenvalue weighted by atomic mass is 9.97. The van der Waals surface area contributed by atoms with Gasteiger partial charge >= 0.3 is 5.97 Å². The number of carboxylic acids is 1. The molecular formula is C14H16FNO3. The van der Waals surface area contributed by atoms with Gasteiger partial charge in [0, 0.05) is 5.92 Å². The van der Waals surface area contributed by atoms with Crippen LogP contribution in [0.25, 0.3) is 0 Å². The Morgan fingerprint density at radius 1 is 1.37 bits per heavy atom. The summed E-state index contributed by atoms with van der Waals surface area (Å²) in [6.07, 6.45) is 2.78. The molecule has 4 nitrogen and oxygen atoms in total. The molecule has 5 heteroatoms. The van der Waals surface area contributed by atoms with Crippen LogP contribution in [0.2, 0.25) is 0 Å². The molecule has 2 unspecified atom stereocenters. The minimum atomic E-state index is -1.38. The van der Waals surface area contributed by atoms with E-state index in [-0.39, 0.29) is 23.4 Å². The van der Waals surface area contributed by atoms with E-state index in [0.717, 1.165) is 25.3 Å². The second kappa shape index (κ2) is 5.38. The standard InChI is InChI=1S/C14H16FNO3/c1-8-4-2-5-9(8)13(17)16-11-7-3-6-10(15)12(11)14(18)19/h3,6-9H,2,4-5H2,1H3,(H,16,17)(H,18,19). The quantitative estimate of drug-likeness (QED) is 0.883. The number of rotatable bonds is 3. The van der Waals surface area contributed by atoms with Gasteiger partial charge in [0.1, 0.15) is 11.4 Å². The lowest BCUT2D eigenvalue weighted by molar-refractivity contribution is -0.120. The molecule has 1 amide bonds. The number of carbonyl (C=O) groups excluding carboxylic acids is 1. The molecule has 102 valence electrons. The number of anilines is 1. The maximum atomic E-state index is 13.5. The van der Waals surface area contributed by atoms with E-state index in [2.05, 4.69) is 5.32 Å². The average molecular weight is 265 g/mol. The summed E-state index contributed by atoms with van der Waals surface area (Å²) < 4.78 is 13.5. The Labute approximate surface area is 110 Å². The van der Waals surface area contributed by atoms with Gasteiger partial charge in [-0.2, -0.15) is 0 Å². The topological polar surface area (TPSA) is 66.4 Å².